The van der Waals surface area contributed by atoms with Crippen LogP contribution in [0.3, 0.4) is 0 Å². The van der Waals surface area contributed by atoms with Gasteiger partial charge in [-0.3, -0.25) is 9.48 Å². The molecule has 4 nitrogen and oxygen atoms in total. The molecule has 0 atom stereocenters. The standard InChI is InChI=1S/C11H16N2O2/c1-7-10(8(2)13(3)12-7)11(4-5-11)6-9(14)15/h4-6H2,1-3H3,(H,14,15). The van der Waals surface area contributed by atoms with Crippen molar-refractivity contribution in [2.24, 2.45) is 7.05 Å². The van der Waals surface area contributed by atoms with Crippen LogP contribution in [0.1, 0.15) is 36.2 Å². The molecule has 0 aliphatic heterocycles. The fourth-order valence-corrected chi connectivity index (χ4v) is 2.50. The van der Waals surface area contributed by atoms with Crippen LogP contribution in [0.2, 0.25) is 0 Å². The first-order valence-electron chi connectivity index (χ1n) is 5.19. The van der Waals surface area contributed by atoms with Crippen molar-refractivity contribution in [3.8, 4) is 0 Å². The third-order valence-electron chi connectivity index (χ3n) is 3.38. The topological polar surface area (TPSA) is 55.1 Å². The SMILES string of the molecule is Cc1nn(C)c(C)c1C1(CC(=O)O)CC1. The molecule has 4 heteroatoms. The van der Waals surface area contributed by atoms with Gasteiger partial charge in [-0.25, -0.2) is 0 Å². The molecule has 1 fully saturated rings. The van der Waals surface area contributed by atoms with E-state index in [1.54, 1.807) is 0 Å². The van der Waals surface area contributed by atoms with E-state index in [-0.39, 0.29) is 11.8 Å². The minimum absolute atomic E-state index is 0.117. The van der Waals surface area contributed by atoms with Crippen molar-refractivity contribution in [2.75, 3.05) is 0 Å². The van der Waals surface area contributed by atoms with Crippen LogP contribution in [0.5, 0.6) is 0 Å². The number of aromatic nitrogens is 2. The molecule has 1 heterocycles. The highest BCUT2D eigenvalue weighted by atomic mass is 16.4. The molecule has 0 spiro atoms. The molecule has 0 amide bonds. The van der Waals surface area contributed by atoms with Gasteiger partial charge in [0.2, 0.25) is 0 Å². The van der Waals surface area contributed by atoms with Crippen molar-refractivity contribution < 1.29 is 9.90 Å². The Morgan fingerprint density at radius 3 is 2.47 bits per heavy atom. The summed E-state index contributed by atoms with van der Waals surface area (Å²) in [6, 6.07) is 0. The highest BCUT2D eigenvalue weighted by molar-refractivity contribution is 5.70. The molecule has 0 bridgehead atoms. The first-order valence-corrected chi connectivity index (χ1v) is 5.19. The third-order valence-corrected chi connectivity index (χ3v) is 3.38. The Morgan fingerprint density at radius 2 is 2.13 bits per heavy atom. The largest absolute Gasteiger partial charge is 0.481 e. The zero-order valence-corrected chi connectivity index (χ0v) is 9.37. The smallest absolute Gasteiger partial charge is 0.304 e. The lowest BCUT2D eigenvalue weighted by Crippen LogP contribution is -2.14. The van der Waals surface area contributed by atoms with Crippen LogP contribution in [0.15, 0.2) is 0 Å². The highest BCUT2D eigenvalue weighted by Gasteiger charge is 2.48. The van der Waals surface area contributed by atoms with Gasteiger partial charge >= 0.3 is 5.97 Å². The van der Waals surface area contributed by atoms with Gasteiger partial charge in [0.05, 0.1) is 12.1 Å². The molecule has 0 radical (unpaired) electrons. The van der Waals surface area contributed by atoms with Gasteiger partial charge in [-0.2, -0.15) is 5.10 Å². The zero-order valence-electron chi connectivity index (χ0n) is 9.37. The average molecular weight is 208 g/mol. The summed E-state index contributed by atoms with van der Waals surface area (Å²) in [5.41, 5.74) is 3.13. The van der Waals surface area contributed by atoms with Gasteiger partial charge in [-0.15, -0.1) is 0 Å². The Bertz CT molecular complexity index is 416. The summed E-state index contributed by atoms with van der Waals surface area (Å²) < 4.78 is 1.84. The lowest BCUT2D eigenvalue weighted by molar-refractivity contribution is -0.137. The summed E-state index contributed by atoms with van der Waals surface area (Å²) in [7, 11) is 1.91. The van der Waals surface area contributed by atoms with Crippen LogP contribution < -0.4 is 0 Å². The monoisotopic (exact) mass is 208 g/mol. The summed E-state index contributed by atoms with van der Waals surface area (Å²) in [5, 5.41) is 13.3. The van der Waals surface area contributed by atoms with Gasteiger partial charge in [0.1, 0.15) is 0 Å². The number of rotatable bonds is 3. The summed E-state index contributed by atoms with van der Waals surface area (Å²) in [4.78, 5) is 10.8. The summed E-state index contributed by atoms with van der Waals surface area (Å²) in [6.07, 6.45) is 2.19. The van der Waals surface area contributed by atoms with E-state index in [9.17, 15) is 4.79 Å². The van der Waals surface area contributed by atoms with Crippen LogP contribution in [-0.4, -0.2) is 20.9 Å². The minimum atomic E-state index is -0.713. The van der Waals surface area contributed by atoms with Crippen molar-refractivity contribution in [3.63, 3.8) is 0 Å². The maximum absolute atomic E-state index is 10.8. The second-order valence-corrected chi connectivity index (χ2v) is 4.52. The molecule has 82 valence electrons. The minimum Gasteiger partial charge on any atom is -0.481 e. The third kappa shape index (κ3) is 1.54. The van der Waals surface area contributed by atoms with Gasteiger partial charge in [0, 0.05) is 23.7 Å². The van der Waals surface area contributed by atoms with E-state index in [4.69, 9.17) is 5.11 Å². The normalized spacial score (nSPS) is 17.8. The molecule has 0 saturated heterocycles. The molecule has 2 rings (SSSR count). The van der Waals surface area contributed by atoms with Gasteiger partial charge in [-0.1, -0.05) is 0 Å². The molecule has 15 heavy (non-hydrogen) atoms. The van der Waals surface area contributed by atoms with Crippen LogP contribution in [-0.2, 0) is 17.3 Å². The van der Waals surface area contributed by atoms with E-state index in [2.05, 4.69) is 5.10 Å². The lowest BCUT2D eigenvalue weighted by atomic mass is 9.91. The number of aryl methyl sites for hydroxylation is 2. The Morgan fingerprint density at radius 1 is 1.53 bits per heavy atom. The van der Waals surface area contributed by atoms with E-state index < -0.39 is 5.97 Å². The molecule has 1 aromatic heterocycles. The predicted molar refractivity (Wildman–Crippen MR) is 55.8 cm³/mol. The zero-order chi connectivity index (χ0) is 11.2. The van der Waals surface area contributed by atoms with Crippen LogP contribution in [0.4, 0.5) is 0 Å². The number of hydrogen-bond acceptors (Lipinski definition) is 2. The van der Waals surface area contributed by atoms with Crippen molar-refractivity contribution in [2.45, 2.75) is 38.5 Å². The maximum atomic E-state index is 10.8. The molecule has 1 saturated carbocycles. The molecular weight excluding hydrogens is 192 g/mol. The van der Waals surface area contributed by atoms with Gasteiger partial charge < -0.3 is 5.11 Å². The summed E-state index contributed by atoms with van der Waals surface area (Å²) in [6.45, 7) is 3.97. The number of hydrogen-bond donors (Lipinski definition) is 1. The predicted octanol–water partition coefficient (Wildman–Crippen LogP) is 1.54. The van der Waals surface area contributed by atoms with Crippen molar-refractivity contribution in [3.05, 3.63) is 17.0 Å². The first kappa shape index (κ1) is 10.2. The quantitative estimate of drug-likeness (QED) is 0.819. The molecule has 0 aromatic carbocycles. The first-order chi connectivity index (χ1) is 6.96. The van der Waals surface area contributed by atoms with Crippen molar-refractivity contribution in [1.29, 1.82) is 0 Å². The van der Waals surface area contributed by atoms with Crippen LogP contribution >= 0.6 is 0 Å². The Hall–Kier alpha value is -1.32. The molecule has 1 N–H and O–H groups in total. The van der Waals surface area contributed by atoms with E-state index in [1.165, 1.54) is 0 Å². The van der Waals surface area contributed by atoms with Crippen LogP contribution in [0, 0.1) is 13.8 Å². The van der Waals surface area contributed by atoms with E-state index in [0.717, 1.165) is 29.8 Å². The Balaban J connectivity index is 2.41. The van der Waals surface area contributed by atoms with Gasteiger partial charge in [0.25, 0.3) is 0 Å². The maximum Gasteiger partial charge on any atom is 0.304 e. The Labute approximate surface area is 88.9 Å². The van der Waals surface area contributed by atoms with E-state index in [1.807, 2.05) is 25.6 Å². The second kappa shape index (κ2) is 3.08. The van der Waals surface area contributed by atoms with Gasteiger partial charge in [0.15, 0.2) is 0 Å². The lowest BCUT2D eigenvalue weighted by Gasteiger charge is -2.13. The molecular formula is C11H16N2O2. The van der Waals surface area contributed by atoms with E-state index in [0.29, 0.717) is 0 Å². The molecule has 1 aromatic rings. The summed E-state index contributed by atoms with van der Waals surface area (Å²) >= 11 is 0. The highest BCUT2D eigenvalue weighted by Crippen LogP contribution is 2.52. The van der Waals surface area contributed by atoms with Crippen molar-refractivity contribution in [1.82, 2.24) is 9.78 Å². The van der Waals surface area contributed by atoms with Crippen molar-refractivity contribution >= 4 is 5.97 Å². The molecule has 0 unspecified atom stereocenters. The fourth-order valence-electron chi connectivity index (χ4n) is 2.50. The second-order valence-electron chi connectivity index (χ2n) is 4.52. The number of nitrogens with zero attached hydrogens (tertiary/aromatic N) is 2. The number of carbonyl (C=O) groups is 1. The number of carboxylic acids is 1. The van der Waals surface area contributed by atoms with Gasteiger partial charge in [-0.05, 0) is 26.7 Å². The van der Waals surface area contributed by atoms with E-state index >= 15 is 0 Å². The fraction of sp³-hybridized carbons (Fsp3) is 0.636. The number of aliphatic carboxylic acids is 1. The molecule has 1 aliphatic carbocycles. The van der Waals surface area contributed by atoms with Crippen LogP contribution in [0.25, 0.3) is 0 Å². The average Bonchev–Trinajstić information content (AvgIpc) is 2.78. The number of carboxylic acid groups (broad SMARTS) is 1. The Kier molecular flexibility index (Phi) is 2.10. The molecule has 1 aliphatic rings. The summed E-state index contributed by atoms with van der Waals surface area (Å²) in [5.74, 6) is -0.713.